The number of nitrogens with zero attached hydrogens (tertiary/aromatic N) is 2. The lowest BCUT2D eigenvalue weighted by atomic mass is 10.2. The summed E-state index contributed by atoms with van der Waals surface area (Å²) < 4.78 is 8.38. The van der Waals surface area contributed by atoms with E-state index >= 15 is 0 Å². The van der Waals surface area contributed by atoms with Gasteiger partial charge in [-0.2, -0.15) is 4.99 Å². The Kier molecular flexibility index (Phi) is 6.29. The van der Waals surface area contributed by atoms with Crippen LogP contribution in [0.25, 0.3) is 10.2 Å². The number of thiazole rings is 1. The third-order valence-corrected chi connectivity index (χ3v) is 5.81. The van der Waals surface area contributed by atoms with Crippen molar-refractivity contribution < 1.29 is 9.53 Å². The lowest BCUT2D eigenvalue weighted by molar-refractivity contribution is 0.0997. The van der Waals surface area contributed by atoms with Gasteiger partial charge in [0.1, 0.15) is 0 Å². The number of benzene rings is 2. The molecule has 0 radical (unpaired) electrons. The molecule has 0 aliphatic rings. The van der Waals surface area contributed by atoms with Gasteiger partial charge in [-0.25, -0.2) is 0 Å². The Morgan fingerprint density at radius 3 is 2.81 bits per heavy atom. The number of ether oxygens (including phenoxy) is 1. The molecular weight excluding hydrogens is 364 g/mol. The largest absolute Gasteiger partial charge is 0.383 e. The van der Waals surface area contributed by atoms with Crippen molar-refractivity contribution in [3.63, 3.8) is 0 Å². The van der Waals surface area contributed by atoms with Crippen LogP contribution in [-0.2, 0) is 11.3 Å². The van der Waals surface area contributed by atoms with E-state index < -0.39 is 0 Å². The summed E-state index contributed by atoms with van der Waals surface area (Å²) in [5.74, 6) is -0.214. The molecule has 6 heteroatoms. The van der Waals surface area contributed by atoms with E-state index in [9.17, 15) is 4.79 Å². The van der Waals surface area contributed by atoms with Crippen LogP contribution in [0.1, 0.15) is 24.2 Å². The van der Waals surface area contributed by atoms with Gasteiger partial charge >= 0.3 is 0 Å². The highest BCUT2D eigenvalue weighted by molar-refractivity contribution is 7.99. The number of amides is 1. The first-order valence-corrected chi connectivity index (χ1v) is 10.2. The number of para-hydroxylation sites is 1. The average molecular weight is 387 g/mol. The normalized spacial score (nSPS) is 12.2. The van der Waals surface area contributed by atoms with Crippen molar-refractivity contribution in [2.24, 2.45) is 4.99 Å². The van der Waals surface area contributed by atoms with Crippen LogP contribution < -0.4 is 4.80 Å². The molecule has 0 saturated carbocycles. The fraction of sp³-hybridized carbons (Fsp3) is 0.300. The van der Waals surface area contributed by atoms with Crippen LogP contribution in [0.3, 0.4) is 0 Å². The Labute approximate surface area is 161 Å². The number of carbonyl (C=O) groups excluding carboxylic acids is 1. The fourth-order valence-corrected chi connectivity index (χ4v) is 4.58. The van der Waals surface area contributed by atoms with Gasteiger partial charge in [0.2, 0.25) is 0 Å². The van der Waals surface area contributed by atoms with E-state index in [4.69, 9.17) is 4.74 Å². The number of fused-ring (bicyclic) bond motifs is 1. The van der Waals surface area contributed by atoms with Crippen LogP contribution in [0, 0.1) is 0 Å². The standard InChI is InChI=1S/C20H22N2O2S2/c1-14(2)25-16-8-6-7-15(13-16)19(23)21-20-22(11-12-24-3)17-9-4-5-10-18(17)26-20/h4-10,13-14H,11-12H2,1-3H3. The van der Waals surface area contributed by atoms with Gasteiger partial charge in [-0.15, -0.1) is 11.8 Å². The first-order valence-electron chi connectivity index (χ1n) is 8.51. The number of thioether (sulfide) groups is 1. The van der Waals surface area contributed by atoms with Crippen LogP contribution in [0.15, 0.2) is 58.4 Å². The second-order valence-corrected chi connectivity index (χ2v) is 8.77. The Balaban J connectivity index is 2.00. The maximum atomic E-state index is 12.7. The topological polar surface area (TPSA) is 43.6 Å². The Morgan fingerprint density at radius 1 is 1.23 bits per heavy atom. The summed E-state index contributed by atoms with van der Waals surface area (Å²) in [5, 5.41) is 0.469. The van der Waals surface area contributed by atoms with Gasteiger partial charge in [-0.3, -0.25) is 4.79 Å². The zero-order valence-electron chi connectivity index (χ0n) is 15.1. The molecule has 136 valence electrons. The molecule has 0 aliphatic carbocycles. The summed E-state index contributed by atoms with van der Waals surface area (Å²) in [6.07, 6.45) is 0. The molecule has 4 nitrogen and oxygen atoms in total. The fourth-order valence-electron chi connectivity index (χ4n) is 2.63. The smallest absolute Gasteiger partial charge is 0.279 e. The second-order valence-electron chi connectivity index (χ2n) is 6.11. The number of carbonyl (C=O) groups is 1. The Hall–Kier alpha value is -1.89. The van der Waals surface area contributed by atoms with Crippen LogP contribution in [0.2, 0.25) is 0 Å². The van der Waals surface area contributed by atoms with E-state index in [1.807, 2.05) is 53.1 Å². The average Bonchev–Trinajstić information content (AvgIpc) is 2.96. The Bertz CT molecular complexity index is 973. The molecule has 2 aromatic carbocycles. The van der Waals surface area contributed by atoms with Gasteiger partial charge in [0.25, 0.3) is 5.91 Å². The number of aromatic nitrogens is 1. The zero-order chi connectivity index (χ0) is 18.5. The second kappa shape index (κ2) is 8.66. The summed E-state index contributed by atoms with van der Waals surface area (Å²) in [7, 11) is 1.68. The predicted molar refractivity (Wildman–Crippen MR) is 109 cm³/mol. The molecule has 0 aliphatic heterocycles. The molecule has 3 rings (SSSR count). The van der Waals surface area contributed by atoms with Crippen molar-refractivity contribution in [1.82, 2.24) is 4.57 Å². The molecule has 0 unspecified atom stereocenters. The molecule has 0 saturated heterocycles. The summed E-state index contributed by atoms with van der Waals surface area (Å²) in [4.78, 5) is 18.9. The Morgan fingerprint density at radius 2 is 2.04 bits per heavy atom. The number of hydrogen-bond acceptors (Lipinski definition) is 4. The monoisotopic (exact) mass is 386 g/mol. The third kappa shape index (κ3) is 4.44. The molecule has 0 fully saturated rings. The summed E-state index contributed by atoms with van der Waals surface area (Å²) in [6.45, 7) is 5.51. The van der Waals surface area contributed by atoms with E-state index in [-0.39, 0.29) is 5.91 Å². The quantitative estimate of drug-likeness (QED) is 0.582. The van der Waals surface area contributed by atoms with Gasteiger partial charge in [0, 0.05) is 29.4 Å². The first-order chi connectivity index (χ1) is 12.6. The van der Waals surface area contributed by atoms with Gasteiger partial charge in [0.05, 0.1) is 16.8 Å². The maximum absolute atomic E-state index is 12.7. The number of rotatable bonds is 6. The SMILES string of the molecule is COCCn1c(=NC(=O)c2cccc(SC(C)C)c2)sc2ccccc21. The summed E-state index contributed by atoms with van der Waals surface area (Å²) in [5.41, 5.74) is 1.69. The molecule has 0 bridgehead atoms. The van der Waals surface area contributed by atoms with E-state index in [2.05, 4.69) is 18.8 Å². The van der Waals surface area contributed by atoms with E-state index in [0.717, 1.165) is 15.1 Å². The molecule has 1 amide bonds. The summed E-state index contributed by atoms with van der Waals surface area (Å²) in [6, 6.07) is 15.8. The van der Waals surface area contributed by atoms with Crippen molar-refractivity contribution >= 4 is 39.2 Å². The highest BCUT2D eigenvalue weighted by Gasteiger charge is 2.10. The van der Waals surface area contributed by atoms with Gasteiger partial charge in [-0.05, 0) is 30.3 Å². The van der Waals surface area contributed by atoms with E-state index in [0.29, 0.717) is 28.8 Å². The minimum Gasteiger partial charge on any atom is -0.383 e. The van der Waals surface area contributed by atoms with Gasteiger partial charge < -0.3 is 9.30 Å². The predicted octanol–water partition coefficient (Wildman–Crippen LogP) is 4.59. The number of methoxy groups -OCH3 is 1. The van der Waals surface area contributed by atoms with Crippen LogP contribution in [0.5, 0.6) is 0 Å². The molecule has 1 heterocycles. The number of hydrogen-bond donors (Lipinski definition) is 0. The molecule has 1 aromatic heterocycles. The van der Waals surface area contributed by atoms with Crippen molar-refractivity contribution in [2.45, 2.75) is 30.5 Å². The molecule has 26 heavy (non-hydrogen) atoms. The highest BCUT2D eigenvalue weighted by atomic mass is 32.2. The van der Waals surface area contributed by atoms with Crippen LogP contribution in [-0.4, -0.2) is 29.4 Å². The zero-order valence-corrected chi connectivity index (χ0v) is 16.8. The molecular formula is C20H22N2O2S2. The van der Waals surface area contributed by atoms with Crippen molar-refractivity contribution in [2.75, 3.05) is 13.7 Å². The third-order valence-electron chi connectivity index (χ3n) is 3.76. The van der Waals surface area contributed by atoms with Gasteiger partial charge in [-0.1, -0.05) is 43.4 Å². The van der Waals surface area contributed by atoms with Crippen molar-refractivity contribution in [3.05, 3.63) is 58.9 Å². The molecule has 0 atom stereocenters. The van der Waals surface area contributed by atoms with E-state index in [1.54, 1.807) is 18.9 Å². The summed E-state index contributed by atoms with van der Waals surface area (Å²) >= 11 is 3.27. The van der Waals surface area contributed by atoms with Crippen LogP contribution >= 0.6 is 23.1 Å². The lowest BCUT2D eigenvalue weighted by Crippen LogP contribution is -2.19. The van der Waals surface area contributed by atoms with Crippen molar-refractivity contribution in [3.8, 4) is 0 Å². The molecule has 3 aromatic rings. The minimum atomic E-state index is -0.214. The molecule has 0 N–H and O–H groups in total. The van der Waals surface area contributed by atoms with E-state index in [1.165, 1.54) is 11.3 Å². The highest BCUT2D eigenvalue weighted by Crippen LogP contribution is 2.24. The maximum Gasteiger partial charge on any atom is 0.279 e. The molecule has 0 spiro atoms. The van der Waals surface area contributed by atoms with Gasteiger partial charge in [0.15, 0.2) is 4.80 Å². The lowest BCUT2D eigenvalue weighted by Gasteiger charge is -2.06. The first kappa shape index (κ1) is 18.9. The van der Waals surface area contributed by atoms with Crippen molar-refractivity contribution in [1.29, 1.82) is 0 Å². The van der Waals surface area contributed by atoms with Crippen LogP contribution in [0.4, 0.5) is 0 Å². The minimum absolute atomic E-state index is 0.214.